The van der Waals surface area contributed by atoms with E-state index in [1.807, 2.05) is 0 Å². The average Bonchev–Trinajstić information content (AvgIpc) is 2.75. The van der Waals surface area contributed by atoms with Gasteiger partial charge in [0, 0.05) is 23.2 Å². The Balaban J connectivity index is 1.60. The minimum Gasteiger partial charge on any atom is -0.484 e. The van der Waals surface area contributed by atoms with Crippen molar-refractivity contribution >= 4 is 28.5 Å². The van der Waals surface area contributed by atoms with Gasteiger partial charge in [-0.1, -0.05) is 6.07 Å². The number of aliphatic hydroxyl groups is 1. The van der Waals surface area contributed by atoms with Gasteiger partial charge in [-0.25, -0.2) is 4.79 Å². The van der Waals surface area contributed by atoms with E-state index in [4.69, 9.17) is 9.15 Å². The number of hydrogen-bond donors (Lipinski definition) is 3. The summed E-state index contributed by atoms with van der Waals surface area (Å²) >= 11 is 0. The van der Waals surface area contributed by atoms with Crippen LogP contribution in [0.2, 0.25) is 0 Å². The number of aryl methyl sites for hydroxylation is 1. The van der Waals surface area contributed by atoms with Gasteiger partial charge in [0.2, 0.25) is 5.91 Å². The SMILES string of the molecule is Cc1cc(=O)oc2cc(OCC(=O)NC(CO)C(=O)Nc3cccc(C(F)(F)F)c3)ccc12. The second kappa shape index (κ2) is 9.74. The van der Waals surface area contributed by atoms with E-state index >= 15 is 0 Å². The van der Waals surface area contributed by atoms with Crippen LogP contribution < -0.4 is 21.0 Å². The zero-order chi connectivity index (χ0) is 24.2. The first-order valence-electron chi connectivity index (χ1n) is 9.62. The Kier molecular flexibility index (Phi) is 7.02. The normalized spacial score (nSPS) is 12.3. The first kappa shape index (κ1) is 23.8. The third kappa shape index (κ3) is 6.10. The molecule has 1 aromatic heterocycles. The Bertz CT molecular complexity index is 1240. The van der Waals surface area contributed by atoms with Crippen molar-refractivity contribution in [1.82, 2.24) is 5.32 Å². The van der Waals surface area contributed by atoms with Crippen LogP contribution in [0.4, 0.5) is 18.9 Å². The molecule has 2 aromatic carbocycles. The number of ether oxygens (including phenoxy) is 1. The van der Waals surface area contributed by atoms with Crippen LogP contribution in [0, 0.1) is 6.92 Å². The van der Waals surface area contributed by atoms with Gasteiger partial charge in [0.25, 0.3) is 5.91 Å². The minimum atomic E-state index is -4.59. The largest absolute Gasteiger partial charge is 0.484 e. The van der Waals surface area contributed by atoms with Gasteiger partial charge in [0.05, 0.1) is 12.2 Å². The van der Waals surface area contributed by atoms with Crippen molar-refractivity contribution in [3.63, 3.8) is 0 Å². The first-order valence-corrected chi connectivity index (χ1v) is 9.62. The molecule has 33 heavy (non-hydrogen) atoms. The van der Waals surface area contributed by atoms with Crippen LogP contribution in [0.5, 0.6) is 5.75 Å². The van der Waals surface area contributed by atoms with Crippen LogP contribution in [0.1, 0.15) is 11.1 Å². The molecule has 11 heteroatoms. The number of rotatable bonds is 7. The van der Waals surface area contributed by atoms with Crippen LogP contribution in [-0.2, 0) is 15.8 Å². The van der Waals surface area contributed by atoms with Gasteiger partial charge in [-0.05, 0) is 42.8 Å². The topological polar surface area (TPSA) is 118 Å². The van der Waals surface area contributed by atoms with E-state index in [1.54, 1.807) is 19.1 Å². The second-order valence-electron chi connectivity index (χ2n) is 7.07. The number of benzene rings is 2. The molecule has 1 unspecified atom stereocenters. The van der Waals surface area contributed by atoms with Crippen molar-refractivity contribution in [1.29, 1.82) is 0 Å². The van der Waals surface area contributed by atoms with Crippen LogP contribution in [0.3, 0.4) is 0 Å². The summed E-state index contributed by atoms with van der Waals surface area (Å²) in [5.74, 6) is -1.45. The molecule has 0 aliphatic rings. The second-order valence-corrected chi connectivity index (χ2v) is 7.07. The maximum Gasteiger partial charge on any atom is 0.416 e. The van der Waals surface area contributed by atoms with Gasteiger partial charge < -0.3 is 24.9 Å². The van der Waals surface area contributed by atoms with Crippen molar-refractivity contribution in [3.05, 3.63) is 70.1 Å². The summed E-state index contributed by atoms with van der Waals surface area (Å²) in [5, 5.41) is 14.6. The zero-order valence-electron chi connectivity index (χ0n) is 17.2. The molecule has 0 radical (unpaired) electrons. The zero-order valence-corrected chi connectivity index (χ0v) is 17.2. The van der Waals surface area contributed by atoms with E-state index in [1.165, 1.54) is 18.2 Å². The van der Waals surface area contributed by atoms with Crippen molar-refractivity contribution in [2.24, 2.45) is 0 Å². The molecule has 174 valence electrons. The van der Waals surface area contributed by atoms with E-state index in [0.717, 1.165) is 18.2 Å². The molecule has 8 nitrogen and oxygen atoms in total. The van der Waals surface area contributed by atoms with Gasteiger partial charge in [-0.2, -0.15) is 13.2 Å². The molecule has 0 bridgehead atoms. The molecule has 2 amide bonds. The summed E-state index contributed by atoms with van der Waals surface area (Å²) in [7, 11) is 0. The van der Waals surface area contributed by atoms with Gasteiger partial charge in [0.15, 0.2) is 6.61 Å². The van der Waals surface area contributed by atoms with E-state index in [-0.39, 0.29) is 17.0 Å². The standard InChI is InChI=1S/C22H19F3N2O6/c1-12-7-20(30)33-18-9-15(5-6-16(12)18)32-11-19(29)27-17(10-28)21(31)26-14-4-2-3-13(8-14)22(23,24)25/h2-9,17,28H,10-11H2,1H3,(H,26,31)(H,27,29). The van der Waals surface area contributed by atoms with E-state index < -0.39 is 48.4 Å². The molecule has 0 fully saturated rings. The Morgan fingerprint density at radius 2 is 1.91 bits per heavy atom. The quantitative estimate of drug-likeness (QED) is 0.463. The maximum atomic E-state index is 12.8. The number of carbonyl (C=O) groups is 2. The van der Waals surface area contributed by atoms with Crippen LogP contribution >= 0.6 is 0 Å². The lowest BCUT2D eigenvalue weighted by atomic mass is 10.1. The van der Waals surface area contributed by atoms with E-state index in [2.05, 4.69) is 10.6 Å². The molecule has 3 N–H and O–H groups in total. The predicted molar refractivity (Wildman–Crippen MR) is 112 cm³/mol. The smallest absolute Gasteiger partial charge is 0.416 e. The molecule has 0 aliphatic carbocycles. The molecule has 3 rings (SSSR count). The van der Waals surface area contributed by atoms with Gasteiger partial charge in [-0.3, -0.25) is 9.59 Å². The maximum absolute atomic E-state index is 12.8. The third-order valence-corrected chi connectivity index (χ3v) is 4.58. The number of nitrogens with one attached hydrogen (secondary N) is 2. The number of amides is 2. The van der Waals surface area contributed by atoms with E-state index in [0.29, 0.717) is 10.9 Å². The summed E-state index contributed by atoms with van der Waals surface area (Å²) in [4.78, 5) is 35.9. The fraction of sp³-hybridized carbons (Fsp3) is 0.227. The van der Waals surface area contributed by atoms with Crippen molar-refractivity contribution in [2.45, 2.75) is 19.1 Å². The molecule has 0 aliphatic heterocycles. The Morgan fingerprint density at radius 3 is 2.61 bits per heavy atom. The number of fused-ring (bicyclic) bond motifs is 1. The van der Waals surface area contributed by atoms with Gasteiger partial charge in [0.1, 0.15) is 17.4 Å². The highest BCUT2D eigenvalue weighted by atomic mass is 19.4. The molecule has 3 aromatic rings. The van der Waals surface area contributed by atoms with Gasteiger partial charge >= 0.3 is 11.8 Å². The molecular formula is C22H19F3N2O6. The number of carbonyl (C=O) groups excluding carboxylic acids is 2. The summed E-state index contributed by atoms with van der Waals surface area (Å²) in [5.41, 5.74) is -0.659. The fourth-order valence-electron chi connectivity index (χ4n) is 2.98. The highest BCUT2D eigenvalue weighted by Gasteiger charge is 2.30. The van der Waals surface area contributed by atoms with Crippen molar-refractivity contribution < 1.29 is 37.0 Å². The summed E-state index contributed by atoms with van der Waals surface area (Å²) in [6.45, 7) is 0.415. The highest BCUT2D eigenvalue weighted by Crippen LogP contribution is 2.30. The monoisotopic (exact) mass is 464 g/mol. The number of alkyl halides is 3. The number of anilines is 1. The first-order chi connectivity index (χ1) is 15.6. The molecule has 0 saturated heterocycles. The summed E-state index contributed by atoms with van der Waals surface area (Å²) in [6, 6.07) is 8.50. The molecule has 0 saturated carbocycles. The van der Waals surface area contributed by atoms with Crippen LogP contribution in [0.15, 0.2) is 57.7 Å². The van der Waals surface area contributed by atoms with Crippen LogP contribution in [0.25, 0.3) is 11.0 Å². The summed E-state index contributed by atoms with van der Waals surface area (Å²) in [6.07, 6.45) is -4.59. The predicted octanol–water partition coefficient (Wildman–Crippen LogP) is 2.61. The number of halogens is 3. The van der Waals surface area contributed by atoms with Crippen molar-refractivity contribution in [2.75, 3.05) is 18.5 Å². The lowest BCUT2D eigenvalue weighted by molar-refractivity contribution is -0.137. The average molecular weight is 464 g/mol. The Morgan fingerprint density at radius 1 is 1.15 bits per heavy atom. The van der Waals surface area contributed by atoms with Crippen molar-refractivity contribution in [3.8, 4) is 5.75 Å². The van der Waals surface area contributed by atoms with E-state index in [9.17, 15) is 32.7 Å². The lowest BCUT2D eigenvalue weighted by Gasteiger charge is -2.17. The highest BCUT2D eigenvalue weighted by molar-refractivity contribution is 5.97. The molecule has 1 atom stereocenters. The Labute approximate surface area is 185 Å². The van der Waals surface area contributed by atoms with Gasteiger partial charge in [-0.15, -0.1) is 0 Å². The fourth-order valence-corrected chi connectivity index (χ4v) is 2.98. The molecule has 1 heterocycles. The minimum absolute atomic E-state index is 0.147. The van der Waals surface area contributed by atoms with Crippen LogP contribution in [-0.4, -0.2) is 36.2 Å². The Hall–Kier alpha value is -3.86. The molecular weight excluding hydrogens is 445 g/mol. The summed E-state index contributed by atoms with van der Waals surface area (Å²) < 4.78 is 48.9. The number of aliphatic hydroxyl groups excluding tert-OH is 1. The molecule has 0 spiro atoms. The third-order valence-electron chi connectivity index (χ3n) is 4.58. The number of hydrogen-bond acceptors (Lipinski definition) is 6. The lowest BCUT2D eigenvalue weighted by Crippen LogP contribution is -2.47.